The van der Waals surface area contributed by atoms with Crippen molar-refractivity contribution in [1.29, 1.82) is 0 Å². The molecule has 1 aromatic carbocycles. The number of aromatic nitrogens is 4. The monoisotopic (exact) mass is 452 g/mol. The number of nitrogens with zero attached hydrogens (tertiary/aromatic N) is 3. The highest BCUT2D eigenvalue weighted by atomic mass is 19.4. The highest BCUT2D eigenvalue weighted by Gasteiger charge is 2.30. The van der Waals surface area contributed by atoms with Gasteiger partial charge in [0.25, 0.3) is 5.56 Å². The van der Waals surface area contributed by atoms with E-state index in [4.69, 9.17) is 4.98 Å². The minimum absolute atomic E-state index is 0.0616. The number of aliphatic hydroxyl groups excluding tert-OH is 1. The molecule has 0 amide bonds. The van der Waals surface area contributed by atoms with E-state index in [9.17, 15) is 23.1 Å². The molecule has 1 aliphatic carbocycles. The normalized spacial score (nSPS) is 18.7. The Hall–Kier alpha value is -3.59. The van der Waals surface area contributed by atoms with Gasteiger partial charge in [0.15, 0.2) is 0 Å². The van der Waals surface area contributed by atoms with Crippen LogP contribution in [-0.4, -0.2) is 31.1 Å². The fourth-order valence-corrected chi connectivity index (χ4v) is 4.24. The van der Waals surface area contributed by atoms with Crippen molar-refractivity contribution in [1.82, 2.24) is 19.9 Å². The fourth-order valence-electron chi connectivity index (χ4n) is 4.24. The SMILES string of the molecule is O=c1[nH]c([C@H]2CC[C@@H](O)C2)nc2c(-c3cccnc3)nc(-c3ccc(C(F)(F)F)cc3)cc12. The lowest BCUT2D eigenvalue weighted by Crippen LogP contribution is -2.15. The first-order valence-electron chi connectivity index (χ1n) is 10.5. The van der Waals surface area contributed by atoms with Gasteiger partial charge in [-0.25, -0.2) is 9.97 Å². The topological polar surface area (TPSA) is 91.8 Å². The molecule has 1 saturated carbocycles. The number of nitrogens with one attached hydrogen (secondary N) is 1. The zero-order chi connectivity index (χ0) is 23.2. The second-order valence-corrected chi connectivity index (χ2v) is 8.18. The summed E-state index contributed by atoms with van der Waals surface area (Å²) in [6.45, 7) is 0. The molecule has 0 aliphatic heterocycles. The van der Waals surface area contributed by atoms with Crippen LogP contribution in [0.15, 0.2) is 59.7 Å². The van der Waals surface area contributed by atoms with Crippen LogP contribution < -0.4 is 5.56 Å². The largest absolute Gasteiger partial charge is 0.416 e. The first-order valence-corrected chi connectivity index (χ1v) is 10.5. The second kappa shape index (κ2) is 8.08. The van der Waals surface area contributed by atoms with Crippen molar-refractivity contribution in [3.8, 4) is 22.5 Å². The number of aromatic amines is 1. The van der Waals surface area contributed by atoms with Gasteiger partial charge < -0.3 is 10.1 Å². The minimum Gasteiger partial charge on any atom is -0.393 e. The molecule has 9 heteroatoms. The zero-order valence-corrected chi connectivity index (χ0v) is 17.3. The summed E-state index contributed by atoms with van der Waals surface area (Å²) in [6, 6.07) is 9.70. The summed E-state index contributed by atoms with van der Waals surface area (Å²) < 4.78 is 38.9. The number of benzene rings is 1. The van der Waals surface area contributed by atoms with Gasteiger partial charge in [0.05, 0.1) is 28.4 Å². The zero-order valence-electron chi connectivity index (χ0n) is 17.3. The molecule has 0 unspecified atom stereocenters. The third-order valence-corrected chi connectivity index (χ3v) is 5.95. The number of rotatable bonds is 3. The summed E-state index contributed by atoms with van der Waals surface area (Å²) >= 11 is 0. The quantitative estimate of drug-likeness (QED) is 0.470. The first kappa shape index (κ1) is 21.3. The average Bonchev–Trinajstić information content (AvgIpc) is 3.25. The van der Waals surface area contributed by atoms with Gasteiger partial charge in [-0.15, -0.1) is 0 Å². The summed E-state index contributed by atoms with van der Waals surface area (Å²) in [5, 5.41) is 10.2. The smallest absolute Gasteiger partial charge is 0.393 e. The number of fused-ring (bicyclic) bond motifs is 1. The summed E-state index contributed by atoms with van der Waals surface area (Å²) in [6.07, 6.45) is 0.225. The third-order valence-electron chi connectivity index (χ3n) is 5.95. The van der Waals surface area contributed by atoms with E-state index in [1.165, 1.54) is 18.2 Å². The summed E-state index contributed by atoms with van der Waals surface area (Å²) in [5.74, 6) is 0.437. The molecule has 5 rings (SSSR count). The van der Waals surface area contributed by atoms with Crippen LogP contribution in [0.3, 0.4) is 0 Å². The van der Waals surface area contributed by atoms with E-state index < -0.39 is 17.8 Å². The van der Waals surface area contributed by atoms with Gasteiger partial charge in [-0.2, -0.15) is 13.2 Å². The van der Waals surface area contributed by atoms with Gasteiger partial charge >= 0.3 is 6.18 Å². The summed E-state index contributed by atoms with van der Waals surface area (Å²) in [5.41, 5.74) is 1.11. The van der Waals surface area contributed by atoms with Crippen molar-refractivity contribution in [2.24, 2.45) is 0 Å². The van der Waals surface area contributed by atoms with Crippen LogP contribution in [0, 0.1) is 0 Å². The predicted molar refractivity (Wildman–Crippen MR) is 116 cm³/mol. The molecule has 4 aromatic rings. The van der Waals surface area contributed by atoms with E-state index in [1.54, 1.807) is 24.5 Å². The molecule has 33 heavy (non-hydrogen) atoms. The van der Waals surface area contributed by atoms with E-state index >= 15 is 0 Å². The number of hydrogen-bond donors (Lipinski definition) is 2. The number of H-pyrrole nitrogens is 1. The lowest BCUT2D eigenvalue weighted by atomic mass is 10.0. The van der Waals surface area contributed by atoms with Crippen molar-refractivity contribution in [2.45, 2.75) is 37.5 Å². The Kier molecular flexibility index (Phi) is 5.20. The van der Waals surface area contributed by atoms with Gasteiger partial charge in [-0.1, -0.05) is 12.1 Å². The van der Waals surface area contributed by atoms with E-state index in [0.29, 0.717) is 46.7 Å². The Balaban J connectivity index is 1.70. The molecule has 2 atom stereocenters. The maximum atomic E-state index is 13.0. The molecule has 168 valence electrons. The highest BCUT2D eigenvalue weighted by Crippen LogP contribution is 2.35. The minimum atomic E-state index is -4.44. The molecule has 3 heterocycles. The lowest BCUT2D eigenvalue weighted by molar-refractivity contribution is -0.137. The van der Waals surface area contributed by atoms with Gasteiger partial charge in [-0.05, 0) is 49.6 Å². The van der Waals surface area contributed by atoms with Gasteiger partial charge in [0, 0.05) is 29.4 Å². The van der Waals surface area contributed by atoms with Crippen LogP contribution in [0.2, 0.25) is 0 Å². The molecule has 1 aliphatic rings. The van der Waals surface area contributed by atoms with E-state index in [1.807, 2.05) is 0 Å². The fraction of sp³-hybridized carbons (Fsp3) is 0.250. The van der Waals surface area contributed by atoms with Crippen LogP contribution in [0.1, 0.15) is 36.6 Å². The predicted octanol–water partition coefficient (Wildman–Crippen LogP) is 4.69. The Morgan fingerprint density at radius 2 is 1.82 bits per heavy atom. The molecule has 0 saturated heterocycles. The van der Waals surface area contributed by atoms with Gasteiger partial charge in [0.2, 0.25) is 0 Å². The standard InChI is InChI=1S/C24H19F3N4O2/c25-24(26,27)16-6-3-13(4-7-16)19-11-18-21(20(29-19)15-2-1-9-28-12-15)30-22(31-23(18)33)14-5-8-17(32)10-14/h1-4,6-7,9,11-12,14,17,32H,5,8,10H2,(H,30,31,33)/t14-,17+/m0/s1. The maximum Gasteiger partial charge on any atom is 0.416 e. The Morgan fingerprint density at radius 1 is 1.03 bits per heavy atom. The number of pyridine rings is 2. The number of alkyl halides is 3. The van der Waals surface area contributed by atoms with Crippen LogP contribution in [-0.2, 0) is 6.18 Å². The number of halogens is 3. The molecule has 1 fully saturated rings. The van der Waals surface area contributed by atoms with Gasteiger partial charge in [0.1, 0.15) is 11.3 Å². The number of hydrogen-bond acceptors (Lipinski definition) is 5. The third kappa shape index (κ3) is 4.11. The molecular weight excluding hydrogens is 433 g/mol. The molecular formula is C24H19F3N4O2. The van der Waals surface area contributed by atoms with Crippen LogP contribution in [0.4, 0.5) is 13.2 Å². The Morgan fingerprint density at radius 3 is 2.45 bits per heavy atom. The van der Waals surface area contributed by atoms with E-state index in [-0.39, 0.29) is 16.9 Å². The Labute approximate surface area is 186 Å². The van der Waals surface area contributed by atoms with Crippen LogP contribution >= 0.6 is 0 Å². The number of aliphatic hydroxyl groups is 1. The first-order chi connectivity index (χ1) is 15.8. The molecule has 6 nitrogen and oxygen atoms in total. The maximum absolute atomic E-state index is 13.0. The Bertz CT molecular complexity index is 1370. The molecule has 2 N–H and O–H groups in total. The van der Waals surface area contributed by atoms with Gasteiger partial charge in [-0.3, -0.25) is 9.78 Å². The van der Waals surface area contributed by atoms with Crippen molar-refractivity contribution in [3.05, 3.63) is 76.6 Å². The molecule has 3 aromatic heterocycles. The lowest BCUT2D eigenvalue weighted by Gasteiger charge is -2.13. The summed E-state index contributed by atoms with van der Waals surface area (Å²) in [7, 11) is 0. The molecule has 0 spiro atoms. The van der Waals surface area contributed by atoms with E-state index in [2.05, 4.69) is 15.0 Å². The van der Waals surface area contributed by atoms with Crippen molar-refractivity contribution >= 4 is 10.9 Å². The summed E-state index contributed by atoms with van der Waals surface area (Å²) in [4.78, 5) is 29.4. The van der Waals surface area contributed by atoms with Crippen LogP contribution in [0.5, 0.6) is 0 Å². The molecule has 0 radical (unpaired) electrons. The van der Waals surface area contributed by atoms with Crippen molar-refractivity contribution in [2.75, 3.05) is 0 Å². The molecule has 0 bridgehead atoms. The second-order valence-electron chi connectivity index (χ2n) is 8.18. The van der Waals surface area contributed by atoms with Crippen molar-refractivity contribution < 1.29 is 18.3 Å². The van der Waals surface area contributed by atoms with E-state index in [0.717, 1.165) is 18.6 Å². The highest BCUT2D eigenvalue weighted by molar-refractivity contribution is 5.93. The van der Waals surface area contributed by atoms with Crippen LogP contribution in [0.25, 0.3) is 33.4 Å². The average molecular weight is 452 g/mol. The van der Waals surface area contributed by atoms with Crippen molar-refractivity contribution in [3.63, 3.8) is 0 Å².